The number of aromatic nitrogens is 2. The van der Waals surface area contributed by atoms with E-state index in [0.717, 1.165) is 22.7 Å². The van der Waals surface area contributed by atoms with Crippen molar-refractivity contribution < 1.29 is 48.0 Å². The van der Waals surface area contributed by atoms with Gasteiger partial charge >= 0.3 is 18.0 Å². The summed E-state index contributed by atoms with van der Waals surface area (Å²) >= 11 is 2.11. The second-order valence-electron chi connectivity index (χ2n) is 11.9. The highest BCUT2D eigenvalue weighted by molar-refractivity contribution is 7.11. The van der Waals surface area contributed by atoms with Crippen LogP contribution in [0.15, 0.2) is 16.8 Å². The van der Waals surface area contributed by atoms with E-state index in [0.29, 0.717) is 5.01 Å². The molecule has 1 aliphatic heterocycles. The summed E-state index contributed by atoms with van der Waals surface area (Å²) in [5.41, 5.74) is -1.66. The lowest BCUT2D eigenvalue weighted by molar-refractivity contribution is -0.153. The van der Waals surface area contributed by atoms with Crippen LogP contribution in [0.5, 0.6) is 0 Å². The van der Waals surface area contributed by atoms with Crippen LogP contribution in [0.2, 0.25) is 0 Å². The smallest absolute Gasteiger partial charge is 0.413 e. The Bertz CT molecular complexity index is 1510. The number of aliphatic hydroxyl groups is 1. The van der Waals surface area contributed by atoms with E-state index in [9.17, 15) is 29.1 Å². The van der Waals surface area contributed by atoms with Gasteiger partial charge in [-0.05, 0) is 55.4 Å². The molecule has 0 aromatic carbocycles. The molecule has 3 heterocycles. The van der Waals surface area contributed by atoms with Crippen LogP contribution in [-0.2, 0) is 28.5 Å². The minimum Gasteiger partial charge on any atom is -0.464 e. The van der Waals surface area contributed by atoms with Gasteiger partial charge in [-0.25, -0.2) is 24.4 Å². The summed E-state index contributed by atoms with van der Waals surface area (Å²) in [7, 11) is 1.20. The van der Waals surface area contributed by atoms with E-state index in [1.54, 1.807) is 61.5 Å². The van der Waals surface area contributed by atoms with Gasteiger partial charge in [0.1, 0.15) is 33.1 Å². The van der Waals surface area contributed by atoms with Crippen molar-refractivity contribution >= 4 is 58.2 Å². The largest absolute Gasteiger partial charge is 0.464 e. The molecule has 0 unspecified atom stereocenters. The summed E-state index contributed by atoms with van der Waals surface area (Å²) in [6.45, 7) is 13.5. The molecule has 2 aromatic heterocycles. The molecular formula is C30H41N5O10S2. The van der Waals surface area contributed by atoms with Crippen molar-refractivity contribution in [2.75, 3.05) is 13.7 Å². The zero-order valence-corrected chi connectivity index (χ0v) is 29.4. The molecule has 47 heavy (non-hydrogen) atoms. The number of carbonyl (C=O) groups excluding carboxylic acids is 5. The van der Waals surface area contributed by atoms with Crippen LogP contribution in [0.4, 0.5) is 4.79 Å². The molecule has 3 rings (SSSR count). The van der Waals surface area contributed by atoms with Crippen LogP contribution in [0.3, 0.4) is 0 Å². The van der Waals surface area contributed by atoms with Gasteiger partial charge < -0.3 is 34.7 Å². The van der Waals surface area contributed by atoms with Gasteiger partial charge in [0.2, 0.25) is 5.91 Å². The number of aliphatic hydroxyl groups excluding tert-OH is 1. The third-order valence-corrected chi connectivity index (χ3v) is 8.52. The Balaban J connectivity index is 1.80. The number of carbonyl (C=O) groups is 5. The number of nitrogens with zero attached hydrogens (tertiary/aromatic N) is 3. The van der Waals surface area contributed by atoms with E-state index >= 15 is 0 Å². The zero-order valence-electron chi connectivity index (χ0n) is 27.7. The molecule has 0 saturated carbocycles. The number of ether oxygens (including phenoxy) is 4. The van der Waals surface area contributed by atoms with Crippen molar-refractivity contribution in [1.29, 1.82) is 0 Å². The Morgan fingerprint density at radius 3 is 2.40 bits per heavy atom. The lowest BCUT2D eigenvalue weighted by Crippen LogP contribution is -2.55. The second kappa shape index (κ2) is 15.3. The van der Waals surface area contributed by atoms with E-state index in [1.165, 1.54) is 22.8 Å². The third-order valence-electron chi connectivity index (χ3n) is 6.69. The quantitative estimate of drug-likeness (QED) is 0.229. The number of hydrogen-bond acceptors (Lipinski definition) is 14. The molecule has 258 valence electrons. The molecule has 4 atom stereocenters. The van der Waals surface area contributed by atoms with E-state index in [1.807, 2.05) is 0 Å². The van der Waals surface area contributed by atoms with Gasteiger partial charge in [0.05, 0.1) is 31.6 Å². The lowest BCUT2D eigenvalue weighted by atomic mass is 10.1. The second-order valence-corrected chi connectivity index (χ2v) is 13.6. The molecule has 1 aliphatic rings. The van der Waals surface area contributed by atoms with E-state index in [-0.39, 0.29) is 35.1 Å². The first kappa shape index (κ1) is 37.5. The molecule has 0 radical (unpaired) electrons. The van der Waals surface area contributed by atoms with Gasteiger partial charge in [-0.1, -0.05) is 6.08 Å². The van der Waals surface area contributed by atoms with E-state index in [4.69, 9.17) is 18.9 Å². The molecule has 1 saturated heterocycles. The number of methoxy groups -OCH3 is 1. The minimum absolute atomic E-state index is 0.00242. The Labute approximate surface area is 280 Å². The average molecular weight is 696 g/mol. The highest BCUT2D eigenvalue weighted by atomic mass is 32.1. The standard InChI is InChI=1S/C30H41N5O10S2/c1-10-16(31-23(38)21-15(3)44-30(7,8)35(21)28(41)45-29(4,5)6)24-33-18(13-46-24)22(37)32-17(12-20(36)27(40)43-11-2)25-34-19(14-47-25)26(39)42-9/h10,13-15,17,20-21,36H,11-12H2,1-9H3,(H,31,38)(H,32,37)/b16-10-/t15-,17+,20-,21+/m1/s1. The summed E-state index contributed by atoms with van der Waals surface area (Å²) < 4.78 is 21.1. The molecule has 2 aromatic rings. The molecular weight excluding hydrogens is 654 g/mol. The van der Waals surface area contributed by atoms with Crippen LogP contribution in [-0.4, -0.2) is 93.1 Å². The topological polar surface area (TPSA) is 196 Å². The number of esters is 2. The van der Waals surface area contributed by atoms with Crippen molar-refractivity contribution in [3.05, 3.63) is 38.2 Å². The average Bonchev–Trinajstić information content (AvgIpc) is 3.71. The molecule has 0 spiro atoms. The number of hydrogen-bond donors (Lipinski definition) is 3. The van der Waals surface area contributed by atoms with E-state index < -0.39 is 65.5 Å². The minimum atomic E-state index is -1.59. The van der Waals surface area contributed by atoms with Crippen molar-refractivity contribution in [1.82, 2.24) is 25.5 Å². The van der Waals surface area contributed by atoms with Gasteiger partial charge in [0.15, 0.2) is 11.8 Å². The van der Waals surface area contributed by atoms with Crippen LogP contribution in [0.25, 0.3) is 5.70 Å². The fourth-order valence-electron chi connectivity index (χ4n) is 4.71. The highest BCUT2D eigenvalue weighted by Gasteiger charge is 2.53. The fourth-order valence-corrected chi connectivity index (χ4v) is 6.39. The first-order valence-corrected chi connectivity index (χ1v) is 16.5. The van der Waals surface area contributed by atoms with Gasteiger partial charge in [-0.2, -0.15) is 0 Å². The Morgan fingerprint density at radius 2 is 1.81 bits per heavy atom. The summed E-state index contributed by atoms with van der Waals surface area (Å²) in [5, 5.41) is 19.4. The predicted octanol–water partition coefficient (Wildman–Crippen LogP) is 3.41. The van der Waals surface area contributed by atoms with Crippen LogP contribution < -0.4 is 10.6 Å². The van der Waals surface area contributed by atoms with Crippen LogP contribution in [0, 0.1) is 0 Å². The summed E-state index contributed by atoms with van der Waals surface area (Å²) in [5.74, 6) is -2.77. The first-order chi connectivity index (χ1) is 21.9. The highest BCUT2D eigenvalue weighted by Crippen LogP contribution is 2.34. The molecule has 3 N–H and O–H groups in total. The fraction of sp³-hybridized carbons (Fsp3) is 0.567. The maximum absolute atomic E-state index is 13.6. The molecule has 3 amide bonds. The SMILES string of the molecule is C/C=C(\NC(=O)[C@@H]1[C@@H](C)OC(C)(C)N1C(=O)OC(C)(C)C)c1nc(C(=O)N[C@@H](C[C@@H](O)C(=O)OCC)c2nc(C(=O)OC)cs2)cs1. The van der Waals surface area contributed by atoms with Crippen molar-refractivity contribution in [3.63, 3.8) is 0 Å². The lowest BCUT2D eigenvalue weighted by Gasteiger charge is -2.34. The van der Waals surface area contributed by atoms with Crippen molar-refractivity contribution in [2.45, 2.75) is 97.4 Å². The van der Waals surface area contributed by atoms with Gasteiger partial charge in [-0.15, -0.1) is 22.7 Å². The third kappa shape index (κ3) is 9.33. The normalized spacial score (nSPS) is 19.0. The summed E-state index contributed by atoms with van der Waals surface area (Å²) in [4.78, 5) is 74.0. The number of thiazole rings is 2. The molecule has 0 aliphatic carbocycles. The summed E-state index contributed by atoms with van der Waals surface area (Å²) in [6, 6.07) is -2.03. The Kier molecular flexibility index (Phi) is 12.2. The Hall–Kier alpha value is -3.93. The van der Waals surface area contributed by atoms with Crippen molar-refractivity contribution in [2.24, 2.45) is 0 Å². The number of amides is 3. The number of rotatable bonds is 11. The summed E-state index contributed by atoms with van der Waals surface area (Å²) in [6.07, 6.45) is -1.65. The van der Waals surface area contributed by atoms with Gasteiger partial charge in [0.25, 0.3) is 5.91 Å². The van der Waals surface area contributed by atoms with Gasteiger partial charge in [0, 0.05) is 17.2 Å². The maximum atomic E-state index is 13.6. The number of allylic oxidation sites excluding steroid dienone is 1. The molecule has 0 bridgehead atoms. The van der Waals surface area contributed by atoms with E-state index in [2.05, 4.69) is 20.6 Å². The van der Waals surface area contributed by atoms with Crippen molar-refractivity contribution in [3.8, 4) is 0 Å². The maximum Gasteiger partial charge on any atom is 0.413 e. The first-order valence-electron chi connectivity index (χ1n) is 14.7. The van der Waals surface area contributed by atoms with Crippen LogP contribution in [0.1, 0.15) is 98.8 Å². The zero-order chi connectivity index (χ0) is 35.3. The molecule has 15 nitrogen and oxygen atoms in total. The van der Waals surface area contributed by atoms with Gasteiger partial charge in [-0.3, -0.25) is 14.5 Å². The molecule has 1 fully saturated rings. The Morgan fingerprint density at radius 1 is 1.15 bits per heavy atom. The number of nitrogens with one attached hydrogen (secondary N) is 2. The predicted molar refractivity (Wildman–Crippen MR) is 171 cm³/mol. The molecule has 17 heteroatoms. The monoisotopic (exact) mass is 695 g/mol. The van der Waals surface area contributed by atoms with Crippen LogP contribution >= 0.6 is 22.7 Å².